The van der Waals surface area contributed by atoms with Crippen LogP contribution in [0.1, 0.15) is 47.5 Å². The van der Waals surface area contributed by atoms with Crippen LogP contribution >= 0.6 is 0 Å². The van der Waals surface area contributed by atoms with E-state index in [1.165, 1.54) is 0 Å². The molecule has 0 aromatic rings. The highest BCUT2D eigenvalue weighted by Crippen LogP contribution is 2.11. The number of hydrogen-bond acceptors (Lipinski definition) is 4. The summed E-state index contributed by atoms with van der Waals surface area (Å²) in [6, 6.07) is -1.16. The molecule has 2 N–H and O–H groups in total. The molecule has 0 aliphatic heterocycles. The summed E-state index contributed by atoms with van der Waals surface area (Å²) in [5, 5.41) is 11.5. The van der Waals surface area contributed by atoms with Crippen LogP contribution in [0.25, 0.3) is 0 Å². The summed E-state index contributed by atoms with van der Waals surface area (Å²) >= 11 is 0. The zero-order valence-corrected chi connectivity index (χ0v) is 13.5. The van der Waals surface area contributed by atoms with Crippen LogP contribution in [0.2, 0.25) is 0 Å². The number of hydrogen-bond donors (Lipinski definition) is 2. The Labute approximate surface area is 126 Å². The molecule has 3 atom stereocenters. The number of nitrogens with one attached hydrogen (secondary N) is 1. The number of amides is 1. The van der Waals surface area contributed by atoms with Gasteiger partial charge in [-0.1, -0.05) is 6.08 Å². The number of allylic oxidation sites excluding steroid dienone is 1. The Bertz CT molecular complexity index is 362. The topological polar surface area (TPSA) is 84.9 Å². The highest BCUT2D eigenvalue weighted by atomic mass is 16.6. The summed E-state index contributed by atoms with van der Waals surface area (Å²) in [6.45, 7) is 12.2. The molecule has 0 fully saturated rings. The lowest BCUT2D eigenvalue weighted by molar-refractivity contribution is -0.144. The average molecular weight is 301 g/mol. The molecule has 1 unspecified atom stereocenters. The monoisotopic (exact) mass is 301 g/mol. The Kier molecular flexibility index (Phi) is 8.02. The van der Waals surface area contributed by atoms with Gasteiger partial charge in [0.15, 0.2) is 6.04 Å². The smallest absolute Gasteiger partial charge is 0.408 e. The van der Waals surface area contributed by atoms with Gasteiger partial charge >= 0.3 is 12.1 Å². The molecule has 0 rings (SSSR count). The van der Waals surface area contributed by atoms with E-state index in [0.717, 1.165) is 12.8 Å². The van der Waals surface area contributed by atoms with Crippen molar-refractivity contribution in [1.82, 2.24) is 5.32 Å². The lowest BCUT2D eigenvalue weighted by Crippen LogP contribution is -2.50. The third kappa shape index (κ3) is 9.07. The zero-order valence-electron chi connectivity index (χ0n) is 13.5. The van der Waals surface area contributed by atoms with Gasteiger partial charge < -0.3 is 19.9 Å². The van der Waals surface area contributed by atoms with E-state index in [9.17, 15) is 14.7 Å². The van der Waals surface area contributed by atoms with E-state index >= 15 is 0 Å². The number of carboxylic acid groups (broad SMARTS) is 1. The maximum Gasteiger partial charge on any atom is 0.408 e. The second-order valence-corrected chi connectivity index (χ2v) is 5.98. The molecule has 122 valence electrons. The van der Waals surface area contributed by atoms with Gasteiger partial charge in [-0.3, -0.25) is 0 Å². The summed E-state index contributed by atoms with van der Waals surface area (Å²) in [5.41, 5.74) is -0.686. The predicted octanol–water partition coefficient (Wildman–Crippen LogP) is 2.72. The quantitative estimate of drug-likeness (QED) is 0.673. The summed E-state index contributed by atoms with van der Waals surface area (Å²) in [6.07, 6.45) is 1.73. The highest BCUT2D eigenvalue weighted by molar-refractivity contribution is 5.80. The third-order valence-corrected chi connectivity index (χ3v) is 2.63. The van der Waals surface area contributed by atoms with Crippen LogP contribution in [0.3, 0.4) is 0 Å². The van der Waals surface area contributed by atoms with E-state index in [-0.39, 0.29) is 6.10 Å². The Morgan fingerprint density at radius 3 is 2.33 bits per heavy atom. The van der Waals surface area contributed by atoms with Gasteiger partial charge in [0.25, 0.3) is 0 Å². The highest BCUT2D eigenvalue weighted by Gasteiger charge is 2.30. The van der Waals surface area contributed by atoms with Gasteiger partial charge in [-0.25, -0.2) is 9.59 Å². The van der Waals surface area contributed by atoms with Crippen LogP contribution in [-0.4, -0.2) is 41.0 Å². The van der Waals surface area contributed by atoms with Crippen molar-refractivity contribution in [3.8, 4) is 0 Å². The van der Waals surface area contributed by atoms with Gasteiger partial charge in [0, 0.05) is 0 Å². The fourth-order valence-corrected chi connectivity index (χ4v) is 1.68. The first-order valence-electron chi connectivity index (χ1n) is 7.05. The van der Waals surface area contributed by atoms with Crippen LogP contribution in [0.5, 0.6) is 0 Å². The van der Waals surface area contributed by atoms with Gasteiger partial charge in [0.05, 0.1) is 12.2 Å². The zero-order chi connectivity index (χ0) is 16.6. The molecule has 6 nitrogen and oxygen atoms in total. The van der Waals surface area contributed by atoms with Crippen molar-refractivity contribution in [1.29, 1.82) is 0 Å². The molecule has 21 heavy (non-hydrogen) atoms. The summed E-state index contributed by atoms with van der Waals surface area (Å²) < 4.78 is 10.7. The minimum atomic E-state index is -1.16. The lowest BCUT2D eigenvalue weighted by atomic mass is 10.1. The minimum Gasteiger partial charge on any atom is -0.480 e. The summed E-state index contributed by atoms with van der Waals surface area (Å²) in [5.74, 6) is -1.16. The first-order valence-corrected chi connectivity index (χ1v) is 7.05. The van der Waals surface area contributed by atoms with Crippen LogP contribution in [0.15, 0.2) is 12.7 Å². The van der Waals surface area contributed by atoms with Crippen molar-refractivity contribution in [3.63, 3.8) is 0 Å². The largest absolute Gasteiger partial charge is 0.480 e. The Hall–Kier alpha value is -1.56. The molecule has 0 heterocycles. The number of carboxylic acids is 1. The van der Waals surface area contributed by atoms with Crippen LogP contribution in [-0.2, 0) is 14.3 Å². The Morgan fingerprint density at radius 2 is 1.90 bits per heavy atom. The number of carbonyl (C=O) groups excluding carboxylic acids is 1. The molecular formula is C15H27NO5. The number of alkyl carbamates (subject to hydrolysis) is 1. The van der Waals surface area contributed by atoms with Crippen LogP contribution < -0.4 is 5.32 Å². The molecule has 0 saturated heterocycles. The third-order valence-electron chi connectivity index (χ3n) is 2.63. The molecule has 0 aliphatic carbocycles. The second-order valence-electron chi connectivity index (χ2n) is 5.98. The molecule has 1 amide bonds. The normalized spacial score (nSPS) is 15.7. The summed E-state index contributed by atoms with van der Waals surface area (Å²) in [7, 11) is 0. The van der Waals surface area contributed by atoms with Crippen LogP contribution in [0, 0.1) is 0 Å². The van der Waals surface area contributed by atoms with Gasteiger partial charge in [0.1, 0.15) is 5.60 Å². The van der Waals surface area contributed by atoms with Gasteiger partial charge in [-0.2, -0.15) is 0 Å². The molecule has 0 radical (unpaired) electrons. The molecular weight excluding hydrogens is 274 g/mol. The number of aliphatic carboxylic acids is 1. The first kappa shape index (κ1) is 19.4. The van der Waals surface area contributed by atoms with E-state index < -0.39 is 29.8 Å². The Morgan fingerprint density at radius 1 is 1.33 bits per heavy atom. The number of carbonyl (C=O) groups is 2. The first-order chi connectivity index (χ1) is 9.56. The second kappa shape index (κ2) is 8.67. The van der Waals surface area contributed by atoms with E-state index in [0.29, 0.717) is 0 Å². The number of ether oxygens (including phenoxy) is 2. The molecule has 0 aliphatic rings. The van der Waals surface area contributed by atoms with Crippen molar-refractivity contribution in [2.45, 2.75) is 71.3 Å². The fraction of sp³-hybridized carbons (Fsp3) is 0.733. The molecule has 0 spiro atoms. The van der Waals surface area contributed by atoms with Gasteiger partial charge in [-0.15, -0.1) is 6.58 Å². The Balaban J connectivity index is 4.56. The summed E-state index contributed by atoms with van der Waals surface area (Å²) in [4.78, 5) is 22.9. The van der Waals surface area contributed by atoms with E-state index in [2.05, 4.69) is 11.9 Å². The van der Waals surface area contributed by atoms with E-state index in [4.69, 9.17) is 9.47 Å². The maximum absolute atomic E-state index is 11.7. The fourth-order valence-electron chi connectivity index (χ4n) is 1.68. The van der Waals surface area contributed by atoms with Crippen molar-refractivity contribution in [2.24, 2.45) is 0 Å². The predicted molar refractivity (Wildman–Crippen MR) is 80.2 cm³/mol. The van der Waals surface area contributed by atoms with Crippen molar-refractivity contribution >= 4 is 12.1 Å². The molecule has 6 heteroatoms. The molecule has 0 aromatic carbocycles. The SMILES string of the molecule is C=CCCC(C)O[C@@H](C)[C@H](NC(=O)OC(C)(C)C)C(=O)O. The average Bonchev–Trinajstić information content (AvgIpc) is 2.30. The van der Waals surface area contributed by atoms with Crippen molar-refractivity contribution < 1.29 is 24.2 Å². The maximum atomic E-state index is 11.7. The molecule has 0 aromatic heterocycles. The van der Waals surface area contributed by atoms with E-state index in [1.54, 1.807) is 33.8 Å². The molecule has 0 bridgehead atoms. The van der Waals surface area contributed by atoms with Crippen molar-refractivity contribution in [2.75, 3.05) is 0 Å². The molecule has 0 saturated carbocycles. The van der Waals surface area contributed by atoms with Crippen LogP contribution in [0.4, 0.5) is 4.79 Å². The van der Waals surface area contributed by atoms with Gasteiger partial charge in [-0.05, 0) is 47.5 Å². The lowest BCUT2D eigenvalue weighted by Gasteiger charge is -2.26. The number of rotatable bonds is 8. The minimum absolute atomic E-state index is 0.125. The van der Waals surface area contributed by atoms with Crippen molar-refractivity contribution in [3.05, 3.63) is 12.7 Å². The van der Waals surface area contributed by atoms with E-state index in [1.807, 2.05) is 6.92 Å². The van der Waals surface area contributed by atoms with Gasteiger partial charge in [0.2, 0.25) is 0 Å². The standard InChI is InChI=1S/C15H27NO5/c1-7-8-9-10(2)20-11(3)12(13(17)18)16-14(19)21-15(4,5)6/h7,10-12H,1,8-9H2,2-6H3,(H,16,19)(H,17,18)/t10?,11-,12-/m0/s1.